The third-order valence-corrected chi connectivity index (χ3v) is 4.78. The molecule has 1 aromatic carbocycles. The maximum Gasteiger partial charge on any atom is 0.328 e. The van der Waals surface area contributed by atoms with Gasteiger partial charge >= 0.3 is 5.97 Å². The van der Waals surface area contributed by atoms with Crippen molar-refractivity contribution < 1.29 is 14.3 Å². The molecular weight excluding hydrogens is 368 g/mol. The van der Waals surface area contributed by atoms with Gasteiger partial charge in [0.1, 0.15) is 6.04 Å². The molecule has 7 nitrogen and oxygen atoms in total. The molecule has 1 unspecified atom stereocenters. The van der Waals surface area contributed by atoms with E-state index in [0.29, 0.717) is 34.4 Å². The van der Waals surface area contributed by atoms with Gasteiger partial charge in [-0.2, -0.15) is 5.10 Å². The summed E-state index contributed by atoms with van der Waals surface area (Å²) in [6.45, 7) is 5.83. The summed E-state index contributed by atoms with van der Waals surface area (Å²) in [5.41, 5.74) is 3.33. The van der Waals surface area contributed by atoms with Crippen LogP contribution in [0.5, 0.6) is 0 Å². The lowest BCUT2D eigenvalue weighted by Crippen LogP contribution is -2.42. The van der Waals surface area contributed by atoms with E-state index in [1.54, 1.807) is 17.8 Å². The van der Waals surface area contributed by atoms with Crippen LogP contribution in [0.1, 0.15) is 36.3 Å². The Morgan fingerprint density at radius 3 is 2.52 bits per heavy atom. The highest BCUT2D eigenvalue weighted by Gasteiger charge is 2.26. The Labute approximate surface area is 170 Å². The Kier molecular flexibility index (Phi) is 5.96. The van der Waals surface area contributed by atoms with Crippen LogP contribution in [0.15, 0.2) is 36.4 Å². The van der Waals surface area contributed by atoms with Crippen molar-refractivity contribution in [3.05, 3.63) is 47.7 Å². The summed E-state index contributed by atoms with van der Waals surface area (Å²) in [5, 5.41) is 7.95. The van der Waals surface area contributed by atoms with Gasteiger partial charge in [-0.05, 0) is 25.3 Å². The number of esters is 1. The number of nitrogens with zero attached hydrogens (tertiary/aromatic N) is 3. The average molecular weight is 394 g/mol. The zero-order chi connectivity index (χ0) is 21.1. The number of amides is 1. The number of carbonyl (C=O) groups is 2. The number of pyridine rings is 1. The van der Waals surface area contributed by atoms with Crippen LogP contribution in [0.2, 0.25) is 0 Å². The molecule has 1 N–H and O–H groups in total. The summed E-state index contributed by atoms with van der Waals surface area (Å²) in [7, 11) is 3.13. The molecule has 0 saturated heterocycles. The van der Waals surface area contributed by atoms with E-state index in [4.69, 9.17) is 9.72 Å². The van der Waals surface area contributed by atoms with Gasteiger partial charge in [-0.25, -0.2) is 9.78 Å². The molecule has 0 fully saturated rings. The third kappa shape index (κ3) is 4.29. The average Bonchev–Trinajstić information content (AvgIpc) is 3.00. The molecule has 7 heteroatoms. The second-order valence-corrected chi connectivity index (χ2v) is 7.51. The molecule has 2 aromatic heterocycles. The van der Waals surface area contributed by atoms with Gasteiger partial charge in [-0.15, -0.1) is 0 Å². The van der Waals surface area contributed by atoms with Gasteiger partial charge in [0.25, 0.3) is 5.91 Å². The summed E-state index contributed by atoms with van der Waals surface area (Å²) in [6, 6.07) is 10.7. The number of hydrogen-bond acceptors (Lipinski definition) is 5. The van der Waals surface area contributed by atoms with Gasteiger partial charge in [0.05, 0.1) is 29.4 Å². The molecule has 0 aliphatic rings. The highest BCUT2D eigenvalue weighted by Crippen LogP contribution is 2.27. The smallest absolute Gasteiger partial charge is 0.328 e. The normalized spacial score (nSPS) is 12.2. The molecule has 0 aliphatic carbocycles. The van der Waals surface area contributed by atoms with Crippen molar-refractivity contribution in [2.45, 2.75) is 33.2 Å². The van der Waals surface area contributed by atoms with Gasteiger partial charge in [0.2, 0.25) is 0 Å². The summed E-state index contributed by atoms with van der Waals surface area (Å²) >= 11 is 0. The van der Waals surface area contributed by atoms with Gasteiger partial charge in [-0.1, -0.05) is 44.2 Å². The Morgan fingerprint density at radius 2 is 1.90 bits per heavy atom. The number of nitrogens with one attached hydrogen (secondary N) is 1. The Morgan fingerprint density at radius 1 is 1.21 bits per heavy atom. The quantitative estimate of drug-likeness (QED) is 0.649. The van der Waals surface area contributed by atoms with E-state index in [9.17, 15) is 9.59 Å². The Bertz CT molecular complexity index is 1040. The summed E-state index contributed by atoms with van der Waals surface area (Å²) in [5.74, 6) is -0.581. The molecule has 29 heavy (non-hydrogen) atoms. The number of aromatic nitrogens is 3. The largest absolute Gasteiger partial charge is 0.467 e. The number of methoxy groups -OCH3 is 1. The van der Waals surface area contributed by atoms with Crippen LogP contribution in [0.4, 0.5) is 0 Å². The molecule has 0 spiro atoms. The highest BCUT2D eigenvalue weighted by molar-refractivity contribution is 6.08. The fourth-order valence-electron chi connectivity index (χ4n) is 3.44. The van der Waals surface area contributed by atoms with Crippen LogP contribution in [0.3, 0.4) is 0 Å². The first-order chi connectivity index (χ1) is 13.8. The highest BCUT2D eigenvalue weighted by atomic mass is 16.5. The van der Waals surface area contributed by atoms with Crippen molar-refractivity contribution in [2.75, 3.05) is 7.11 Å². The van der Waals surface area contributed by atoms with E-state index in [1.165, 1.54) is 7.11 Å². The lowest BCUT2D eigenvalue weighted by atomic mass is 10.0. The van der Waals surface area contributed by atoms with E-state index in [1.807, 2.05) is 51.1 Å². The minimum Gasteiger partial charge on any atom is -0.467 e. The van der Waals surface area contributed by atoms with Crippen molar-refractivity contribution in [2.24, 2.45) is 13.0 Å². The standard InChI is InChI=1S/C22H26N4O3/c1-13(2)11-18(22(28)29-5)24-21(27)16-12-17(15-9-7-6-8-10-15)23-20-19(16)14(3)25-26(20)4/h6-10,12-13,18H,11H2,1-5H3,(H,24,27). The summed E-state index contributed by atoms with van der Waals surface area (Å²) < 4.78 is 6.54. The maximum atomic E-state index is 13.2. The van der Waals surface area contributed by atoms with E-state index in [2.05, 4.69) is 10.4 Å². The van der Waals surface area contributed by atoms with Crippen molar-refractivity contribution in [1.29, 1.82) is 0 Å². The number of fused-ring (bicyclic) bond motifs is 1. The van der Waals surface area contributed by atoms with E-state index >= 15 is 0 Å². The van der Waals surface area contributed by atoms with Crippen LogP contribution in [-0.4, -0.2) is 39.8 Å². The molecule has 0 bridgehead atoms. The molecular formula is C22H26N4O3. The summed E-state index contributed by atoms with van der Waals surface area (Å²) in [4.78, 5) is 30.1. The van der Waals surface area contributed by atoms with Crippen LogP contribution >= 0.6 is 0 Å². The molecule has 152 valence electrons. The predicted octanol–water partition coefficient (Wildman–Crippen LogP) is 3.26. The van der Waals surface area contributed by atoms with E-state index in [0.717, 1.165) is 5.56 Å². The fourth-order valence-corrected chi connectivity index (χ4v) is 3.44. The zero-order valence-corrected chi connectivity index (χ0v) is 17.4. The molecule has 0 saturated carbocycles. The van der Waals surface area contributed by atoms with Gasteiger partial charge in [-0.3, -0.25) is 9.48 Å². The number of rotatable bonds is 6. The molecule has 3 aromatic rings. The SMILES string of the molecule is COC(=O)C(CC(C)C)NC(=O)c1cc(-c2ccccc2)nc2c1c(C)nn2C. The van der Waals surface area contributed by atoms with Crippen molar-refractivity contribution in [3.63, 3.8) is 0 Å². The van der Waals surface area contributed by atoms with Gasteiger partial charge < -0.3 is 10.1 Å². The van der Waals surface area contributed by atoms with E-state index in [-0.39, 0.29) is 11.8 Å². The minimum atomic E-state index is -0.715. The van der Waals surface area contributed by atoms with Crippen molar-refractivity contribution >= 4 is 22.9 Å². The van der Waals surface area contributed by atoms with Crippen molar-refractivity contribution in [3.8, 4) is 11.3 Å². The number of hydrogen-bond donors (Lipinski definition) is 1. The third-order valence-electron chi connectivity index (χ3n) is 4.78. The van der Waals surface area contributed by atoms with Crippen LogP contribution in [-0.2, 0) is 16.6 Å². The molecule has 3 rings (SSSR count). The maximum absolute atomic E-state index is 13.2. The molecule has 1 atom stereocenters. The van der Waals surface area contributed by atoms with Crippen LogP contribution < -0.4 is 5.32 Å². The lowest BCUT2D eigenvalue weighted by Gasteiger charge is -2.19. The van der Waals surface area contributed by atoms with Gasteiger partial charge in [0.15, 0.2) is 5.65 Å². The molecule has 1 amide bonds. The van der Waals surface area contributed by atoms with Crippen molar-refractivity contribution in [1.82, 2.24) is 20.1 Å². The lowest BCUT2D eigenvalue weighted by molar-refractivity contribution is -0.143. The molecule has 0 radical (unpaired) electrons. The second-order valence-electron chi connectivity index (χ2n) is 7.51. The first-order valence-corrected chi connectivity index (χ1v) is 9.60. The minimum absolute atomic E-state index is 0.219. The first-order valence-electron chi connectivity index (χ1n) is 9.60. The number of aryl methyl sites for hydroxylation is 2. The Hall–Kier alpha value is -3.22. The number of carbonyl (C=O) groups excluding carboxylic acids is 2. The first kappa shape index (κ1) is 20.5. The number of ether oxygens (including phenoxy) is 1. The number of benzene rings is 1. The zero-order valence-electron chi connectivity index (χ0n) is 17.4. The van der Waals surface area contributed by atoms with Crippen LogP contribution in [0, 0.1) is 12.8 Å². The monoisotopic (exact) mass is 394 g/mol. The summed E-state index contributed by atoms with van der Waals surface area (Å²) in [6.07, 6.45) is 0.490. The Balaban J connectivity index is 2.09. The molecule has 2 heterocycles. The predicted molar refractivity (Wildman–Crippen MR) is 111 cm³/mol. The van der Waals surface area contributed by atoms with E-state index < -0.39 is 12.0 Å². The fraction of sp³-hybridized carbons (Fsp3) is 0.364. The second kappa shape index (κ2) is 8.43. The molecule has 0 aliphatic heterocycles. The van der Waals surface area contributed by atoms with Crippen LogP contribution in [0.25, 0.3) is 22.3 Å². The van der Waals surface area contributed by atoms with Gasteiger partial charge in [0, 0.05) is 12.6 Å². The topological polar surface area (TPSA) is 86.1 Å².